The van der Waals surface area contributed by atoms with E-state index in [2.05, 4.69) is 5.32 Å². The summed E-state index contributed by atoms with van der Waals surface area (Å²) in [5.41, 5.74) is 2.00. The predicted octanol–water partition coefficient (Wildman–Crippen LogP) is 5.14. The summed E-state index contributed by atoms with van der Waals surface area (Å²) in [6.45, 7) is 11.8. The maximum absolute atomic E-state index is 13.4. The molecular formula is C32H42N2O4. The van der Waals surface area contributed by atoms with Crippen molar-refractivity contribution in [3.63, 3.8) is 0 Å². The normalized spacial score (nSPS) is 12.8. The molecule has 0 spiro atoms. The molecule has 0 aromatic heterocycles. The number of carbonyl (C=O) groups excluding carboxylic acids is 2. The van der Waals surface area contributed by atoms with Crippen molar-refractivity contribution in [1.29, 1.82) is 0 Å². The molecule has 6 nitrogen and oxygen atoms in total. The Morgan fingerprint density at radius 1 is 0.895 bits per heavy atom. The Kier molecular flexibility index (Phi) is 9.34. The summed E-state index contributed by atoms with van der Waals surface area (Å²) in [4.78, 5) is 28.4. The van der Waals surface area contributed by atoms with Gasteiger partial charge in [0.1, 0.15) is 0 Å². The average molecular weight is 519 g/mol. The molecule has 0 aliphatic carbocycles. The van der Waals surface area contributed by atoms with Crippen LogP contribution in [0.4, 0.5) is 0 Å². The molecule has 0 heterocycles. The number of nitrogens with zero attached hydrogens (tertiary/aromatic N) is 1. The van der Waals surface area contributed by atoms with Crippen LogP contribution in [-0.2, 0) is 12.8 Å². The number of carbonyl (C=O) groups is 2. The monoisotopic (exact) mass is 518 g/mol. The van der Waals surface area contributed by atoms with Crippen LogP contribution < -0.4 is 5.32 Å². The van der Waals surface area contributed by atoms with E-state index in [0.717, 1.165) is 21.9 Å². The van der Waals surface area contributed by atoms with E-state index in [1.54, 1.807) is 11.0 Å². The standard InChI is InChI=1S/C32H42N2O4/c1-31(2,3)33-29(37)28-23(16-15-22-11-7-9-13-26(22)28)17-18-25(36)21-24-12-8-10-14-27(24)30(38)34(19-20-35)32(4,5)6/h7-16,25,35-36H,17-21H2,1-6H3,(H,33,37). The van der Waals surface area contributed by atoms with Crippen LogP contribution in [0.25, 0.3) is 10.8 Å². The molecule has 0 radical (unpaired) electrons. The molecule has 2 amide bonds. The Bertz CT molecular complexity index is 1270. The minimum atomic E-state index is -0.699. The molecule has 3 rings (SSSR count). The van der Waals surface area contributed by atoms with E-state index in [1.807, 2.05) is 96.1 Å². The summed E-state index contributed by atoms with van der Waals surface area (Å²) in [5.74, 6) is -0.286. The number of fused-ring (bicyclic) bond motifs is 1. The van der Waals surface area contributed by atoms with E-state index in [4.69, 9.17) is 0 Å². The number of hydrogen-bond donors (Lipinski definition) is 3. The fraction of sp³-hybridized carbons (Fsp3) is 0.438. The van der Waals surface area contributed by atoms with Crippen molar-refractivity contribution in [3.8, 4) is 0 Å². The van der Waals surface area contributed by atoms with E-state index in [1.165, 1.54) is 0 Å². The first-order valence-electron chi connectivity index (χ1n) is 13.3. The maximum Gasteiger partial charge on any atom is 0.254 e. The van der Waals surface area contributed by atoms with Gasteiger partial charge in [0.15, 0.2) is 0 Å². The van der Waals surface area contributed by atoms with Gasteiger partial charge in [-0.3, -0.25) is 9.59 Å². The largest absolute Gasteiger partial charge is 0.395 e. The lowest BCUT2D eigenvalue weighted by Gasteiger charge is -2.36. The number of β-amino-alcohol motifs (C(OH)–C–C–N with tert-alkyl or cyclic N) is 1. The highest BCUT2D eigenvalue weighted by molar-refractivity contribution is 6.08. The van der Waals surface area contributed by atoms with Crippen LogP contribution in [-0.4, -0.2) is 57.3 Å². The quantitative estimate of drug-likeness (QED) is 0.366. The number of rotatable bonds is 9. The number of aliphatic hydroxyl groups excluding tert-OH is 2. The number of hydrogen-bond acceptors (Lipinski definition) is 4. The summed E-state index contributed by atoms with van der Waals surface area (Å²) in [7, 11) is 0. The molecule has 1 atom stereocenters. The fourth-order valence-electron chi connectivity index (χ4n) is 4.77. The van der Waals surface area contributed by atoms with E-state index < -0.39 is 11.6 Å². The molecule has 3 aromatic rings. The lowest BCUT2D eigenvalue weighted by atomic mass is 9.92. The molecule has 0 aliphatic rings. The number of nitrogens with one attached hydrogen (secondary N) is 1. The smallest absolute Gasteiger partial charge is 0.254 e. The Balaban J connectivity index is 1.83. The van der Waals surface area contributed by atoms with Gasteiger partial charge >= 0.3 is 0 Å². The summed E-state index contributed by atoms with van der Waals surface area (Å²) in [6, 6.07) is 19.2. The van der Waals surface area contributed by atoms with E-state index in [-0.39, 0.29) is 30.5 Å². The molecule has 0 fully saturated rings. The van der Waals surface area contributed by atoms with Gasteiger partial charge < -0.3 is 20.4 Å². The second-order valence-electron chi connectivity index (χ2n) is 11.9. The Labute approximate surface area is 226 Å². The van der Waals surface area contributed by atoms with Crippen molar-refractivity contribution >= 4 is 22.6 Å². The third kappa shape index (κ3) is 7.42. The van der Waals surface area contributed by atoms with E-state index >= 15 is 0 Å². The van der Waals surface area contributed by atoms with E-state index in [0.29, 0.717) is 30.4 Å². The molecule has 1 unspecified atom stereocenters. The lowest BCUT2D eigenvalue weighted by Crippen LogP contribution is -2.47. The first-order chi connectivity index (χ1) is 17.8. The molecule has 0 bridgehead atoms. The van der Waals surface area contributed by atoms with Gasteiger partial charge in [-0.05, 0) is 88.8 Å². The minimum Gasteiger partial charge on any atom is -0.395 e. The van der Waals surface area contributed by atoms with Gasteiger partial charge in [0.2, 0.25) is 0 Å². The van der Waals surface area contributed by atoms with Crippen molar-refractivity contribution in [2.24, 2.45) is 0 Å². The number of amides is 2. The van der Waals surface area contributed by atoms with Crippen molar-refractivity contribution in [2.75, 3.05) is 13.2 Å². The second-order valence-corrected chi connectivity index (χ2v) is 11.9. The molecular weight excluding hydrogens is 476 g/mol. The Morgan fingerprint density at radius 2 is 1.55 bits per heavy atom. The zero-order valence-corrected chi connectivity index (χ0v) is 23.5. The number of benzene rings is 3. The first kappa shape index (κ1) is 29.3. The molecule has 0 saturated heterocycles. The maximum atomic E-state index is 13.4. The van der Waals surface area contributed by atoms with Crippen molar-refractivity contribution < 1.29 is 19.8 Å². The molecule has 0 aliphatic heterocycles. The Morgan fingerprint density at radius 3 is 2.21 bits per heavy atom. The first-order valence-corrected chi connectivity index (χ1v) is 13.3. The summed E-state index contributed by atoms with van der Waals surface area (Å²) < 4.78 is 0. The van der Waals surface area contributed by atoms with Crippen molar-refractivity contribution in [3.05, 3.63) is 82.9 Å². The van der Waals surface area contributed by atoms with Crippen LogP contribution in [0.1, 0.15) is 79.8 Å². The summed E-state index contributed by atoms with van der Waals surface area (Å²) >= 11 is 0. The highest BCUT2D eigenvalue weighted by Crippen LogP contribution is 2.26. The Hall–Kier alpha value is -3.22. The zero-order valence-electron chi connectivity index (χ0n) is 23.5. The highest BCUT2D eigenvalue weighted by Gasteiger charge is 2.28. The van der Waals surface area contributed by atoms with Gasteiger partial charge in [0.25, 0.3) is 11.8 Å². The third-order valence-corrected chi connectivity index (χ3v) is 6.56. The summed E-state index contributed by atoms with van der Waals surface area (Å²) in [5, 5.41) is 25.5. The predicted molar refractivity (Wildman–Crippen MR) is 154 cm³/mol. The van der Waals surface area contributed by atoms with E-state index in [9.17, 15) is 19.8 Å². The van der Waals surface area contributed by atoms with Crippen LogP contribution in [0.5, 0.6) is 0 Å². The average Bonchev–Trinajstić information content (AvgIpc) is 2.83. The van der Waals surface area contributed by atoms with Gasteiger partial charge in [-0.25, -0.2) is 0 Å². The van der Waals surface area contributed by atoms with Gasteiger partial charge in [-0.15, -0.1) is 0 Å². The number of aryl methyl sites for hydroxylation is 1. The zero-order chi connectivity index (χ0) is 28.1. The molecule has 3 N–H and O–H groups in total. The van der Waals surface area contributed by atoms with Gasteiger partial charge in [0.05, 0.1) is 18.3 Å². The van der Waals surface area contributed by atoms with Crippen LogP contribution in [0.15, 0.2) is 60.7 Å². The second kappa shape index (κ2) is 12.1. The van der Waals surface area contributed by atoms with Crippen molar-refractivity contribution in [2.45, 2.75) is 78.0 Å². The van der Waals surface area contributed by atoms with Crippen molar-refractivity contribution in [1.82, 2.24) is 10.2 Å². The van der Waals surface area contributed by atoms with Crippen LogP contribution in [0.3, 0.4) is 0 Å². The lowest BCUT2D eigenvalue weighted by molar-refractivity contribution is 0.0525. The van der Waals surface area contributed by atoms with Crippen LogP contribution in [0, 0.1) is 0 Å². The topological polar surface area (TPSA) is 89.9 Å². The number of aliphatic hydroxyl groups is 2. The molecule has 38 heavy (non-hydrogen) atoms. The van der Waals surface area contributed by atoms with Gasteiger partial charge in [-0.2, -0.15) is 0 Å². The molecule has 3 aromatic carbocycles. The summed E-state index contributed by atoms with van der Waals surface area (Å²) in [6.07, 6.45) is 0.579. The molecule has 0 saturated carbocycles. The molecule has 6 heteroatoms. The SMILES string of the molecule is CC(C)(C)NC(=O)c1c(CCC(O)Cc2ccccc2C(=O)N(CCO)C(C)(C)C)ccc2ccccc12. The highest BCUT2D eigenvalue weighted by atomic mass is 16.3. The van der Waals surface area contributed by atoms with Crippen LogP contribution in [0.2, 0.25) is 0 Å². The third-order valence-electron chi connectivity index (χ3n) is 6.56. The van der Waals surface area contributed by atoms with Gasteiger partial charge in [0, 0.05) is 23.2 Å². The minimum absolute atomic E-state index is 0.120. The fourth-order valence-corrected chi connectivity index (χ4v) is 4.77. The van der Waals surface area contributed by atoms with Crippen LogP contribution >= 0.6 is 0 Å². The van der Waals surface area contributed by atoms with Gasteiger partial charge in [-0.1, -0.05) is 54.6 Å². The molecule has 204 valence electrons.